The molecule has 25 heavy (non-hydrogen) atoms. The molecule has 1 aliphatic carbocycles. The zero-order valence-electron chi connectivity index (χ0n) is 16.5. The maximum atomic E-state index is 6.79. The summed E-state index contributed by atoms with van der Waals surface area (Å²) in [6.07, 6.45) is 5.26. The Hall–Kier alpha value is -0.913. The smallest absolute Gasteiger partial charge is 0.192 e. The van der Waals surface area contributed by atoms with Crippen LogP contribution in [0.15, 0.2) is 18.2 Å². The maximum absolute atomic E-state index is 6.79. The van der Waals surface area contributed by atoms with E-state index in [0.717, 1.165) is 10.5 Å². The Balaban J connectivity index is 1.76. The molecule has 0 aliphatic heterocycles. The number of aryl methyl sites for hydroxylation is 1. The Morgan fingerprint density at radius 2 is 1.92 bits per heavy atom. The normalized spacial score (nSPS) is 22.3. The van der Waals surface area contributed by atoms with Crippen LogP contribution in [0.2, 0.25) is 18.1 Å². The molecule has 138 valence electrons. The summed E-state index contributed by atoms with van der Waals surface area (Å²) in [5.74, 6) is 0. The van der Waals surface area contributed by atoms with Gasteiger partial charge in [0.1, 0.15) is 0 Å². The lowest BCUT2D eigenvalue weighted by Gasteiger charge is -2.43. The molecule has 5 heteroatoms. The Morgan fingerprint density at radius 3 is 2.64 bits per heavy atom. The lowest BCUT2D eigenvalue weighted by atomic mass is 9.92. The van der Waals surface area contributed by atoms with Gasteiger partial charge in [-0.2, -0.15) is 0 Å². The molecule has 1 heterocycles. The van der Waals surface area contributed by atoms with E-state index in [9.17, 15) is 0 Å². The third-order valence-corrected chi connectivity index (χ3v) is 11.2. The molecule has 3 rings (SSSR count). The summed E-state index contributed by atoms with van der Waals surface area (Å²) >= 11 is 1.77. The second kappa shape index (κ2) is 7.01. The third kappa shape index (κ3) is 4.26. The first kappa shape index (κ1) is 18.9. The van der Waals surface area contributed by atoms with Crippen LogP contribution in [0.25, 0.3) is 10.2 Å². The van der Waals surface area contributed by atoms with Crippen molar-refractivity contribution in [2.24, 2.45) is 0 Å². The minimum absolute atomic E-state index is 0.258. The van der Waals surface area contributed by atoms with E-state index in [1.54, 1.807) is 11.3 Å². The molecule has 0 bridgehead atoms. The van der Waals surface area contributed by atoms with E-state index in [4.69, 9.17) is 4.43 Å². The number of anilines is 1. The number of hydrogen-bond acceptors (Lipinski definition) is 4. The van der Waals surface area contributed by atoms with Crippen LogP contribution in [0.5, 0.6) is 0 Å². The van der Waals surface area contributed by atoms with Gasteiger partial charge >= 0.3 is 0 Å². The fourth-order valence-corrected chi connectivity index (χ4v) is 5.56. The first-order chi connectivity index (χ1) is 11.7. The first-order valence-electron chi connectivity index (χ1n) is 9.47. The van der Waals surface area contributed by atoms with Crippen molar-refractivity contribution in [1.82, 2.24) is 4.98 Å². The molecule has 1 fully saturated rings. The van der Waals surface area contributed by atoms with Gasteiger partial charge in [-0.25, -0.2) is 4.98 Å². The highest BCUT2D eigenvalue weighted by Crippen LogP contribution is 2.39. The molecular weight excluding hydrogens is 344 g/mol. The molecule has 3 nitrogen and oxygen atoms in total. The van der Waals surface area contributed by atoms with E-state index in [-0.39, 0.29) is 5.04 Å². The number of nitrogens with one attached hydrogen (secondary N) is 1. The highest BCUT2D eigenvalue weighted by Gasteiger charge is 2.41. The number of fused-ring (bicyclic) bond motifs is 1. The minimum Gasteiger partial charge on any atom is -0.412 e. The topological polar surface area (TPSA) is 34.2 Å². The van der Waals surface area contributed by atoms with Crippen LogP contribution < -0.4 is 5.32 Å². The summed E-state index contributed by atoms with van der Waals surface area (Å²) in [5, 5.41) is 5.17. The Bertz CT molecular complexity index is 735. The Morgan fingerprint density at radius 1 is 1.20 bits per heavy atom. The van der Waals surface area contributed by atoms with Crippen molar-refractivity contribution < 1.29 is 4.43 Å². The third-order valence-electron chi connectivity index (χ3n) is 5.80. The predicted octanol–water partition coefficient (Wildman–Crippen LogP) is 6.35. The van der Waals surface area contributed by atoms with Gasteiger partial charge in [-0.3, -0.25) is 0 Å². The van der Waals surface area contributed by atoms with Crippen molar-refractivity contribution in [3.8, 4) is 0 Å². The number of nitrogens with zero attached hydrogens (tertiary/aromatic N) is 1. The van der Waals surface area contributed by atoms with Gasteiger partial charge in [0.2, 0.25) is 0 Å². The van der Waals surface area contributed by atoms with Gasteiger partial charge in [-0.1, -0.05) is 33.6 Å². The molecule has 1 N–H and O–H groups in total. The van der Waals surface area contributed by atoms with Crippen LogP contribution >= 0.6 is 11.3 Å². The summed E-state index contributed by atoms with van der Waals surface area (Å²) in [6.45, 7) is 13.8. The van der Waals surface area contributed by atoms with Crippen LogP contribution in [-0.4, -0.2) is 25.4 Å². The Kier molecular flexibility index (Phi) is 5.29. The van der Waals surface area contributed by atoms with Crippen molar-refractivity contribution in [3.05, 3.63) is 23.2 Å². The highest BCUT2D eigenvalue weighted by molar-refractivity contribution is 7.18. The van der Waals surface area contributed by atoms with Crippen LogP contribution in [0, 0.1) is 6.92 Å². The van der Waals surface area contributed by atoms with Gasteiger partial charge in [0.25, 0.3) is 0 Å². The molecule has 0 amide bonds. The van der Waals surface area contributed by atoms with Crippen LogP contribution in [0.1, 0.15) is 51.5 Å². The van der Waals surface area contributed by atoms with Gasteiger partial charge in [-0.15, -0.1) is 11.3 Å². The summed E-state index contributed by atoms with van der Waals surface area (Å²) < 4.78 is 8.05. The highest BCUT2D eigenvalue weighted by atomic mass is 32.1. The van der Waals surface area contributed by atoms with Gasteiger partial charge in [0.15, 0.2) is 8.32 Å². The lowest BCUT2D eigenvalue weighted by Crippen LogP contribution is -2.49. The minimum atomic E-state index is -1.74. The van der Waals surface area contributed by atoms with E-state index in [1.165, 1.54) is 36.1 Å². The lowest BCUT2D eigenvalue weighted by molar-refractivity contribution is 0.124. The number of aromatic nitrogens is 1. The second-order valence-corrected chi connectivity index (χ2v) is 14.9. The van der Waals surface area contributed by atoms with E-state index in [0.29, 0.717) is 12.1 Å². The maximum Gasteiger partial charge on any atom is 0.192 e. The van der Waals surface area contributed by atoms with Gasteiger partial charge in [0, 0.05) is 5.69 Å². The number of thiazole rings is 1. The molecule has 1 saturated carbocycles. The van der Waals surface area contributed by atoms with Crippen molar-refractivity contribution in [2.45, 2.75) is 83.7 Å². The molecule has 0 spiro atoms. The van der Waals surface area contributed by atoms with E-state index in [1.807, 2.05) is 0 Å². The average Bonchev–Trinajstić information content (AvgIpc) is 2.87. The van der Waals surface area contributed by atoms with Crippen LogP contribution in [0.3, 0.4) is 0 Å². The summed E-state index contributed by atoms with van der Waals surface area (Å²) in [5.41, 5.74) is 2.30. The molecule has 0 radical (unpaired) electrons. The standard InChI is InChI=1S/C20H32N2OSSi/c1-14-21-17-12-11-15(13-19(17)24-14)22-16-9-7-8-10-18(16)23-25(5,6)20(2,3)4/h11-13,16,18,22H,7-10H2,1-6H3/t16-,18-/m1/s1. The molecule has 0 unspecified atom stereocenters. The molecule has 1 aromatic heterocycles. The van der Waals surface area contributed by atoms with Crippen molar-refractivity contribution in [3.63, 3.8) is 0 Å². The zero-order chi connectivity index (χ0) is 18.2. The largest absolute Gasteiger partial charge is 0.412 e. The monoisotopic (exact) mass is 376 g/mol. The van der Waals surface area contributed by atoms with Gasteiger partial charge in [0.05, 0.1) is 27.4 Å². The fourth-order valence-electron chi connectivity index (χ4n) is 3.30. The van der Waals surface area contributed by atoms with Gasteiger partial charge < -0.3 is 9.74 Å². The first-order valence-corrected chi connectivity index (χ1v) is 13.2. The average molecular weight is 377 g/mol. The molecular formula is C20H32N2OSSi. The molecule has 1 aromatic carbocycles. The van der Waals surface area contributed by atoms with Crippen molar-refractivity contribution in [1.29, 1.82) is 0 Å². The SMILES string of the molecule is Cc1nc2ccc(N[C@@H]3CCCC[C@H]3O[Si](C)(C)C(C)(C)C)cc2s1. The van der Waals surface area contributed by atoms with Crippen LogP contribution in [-0.2, 0) is 4.43 Å². The summed E-state index contributed by atoms with van der Waals surface area (Å²) in [4.78, 5) is 4.56. The van der Waals surface area contributed by atoms with Crippen molar-refractivity contribution in [2.75, 3.05) is 5.32 Å². The second-order valence-electron chi connectivity index (χ2n) is 8.87. The molecule has 0 saturated heterocycles. The van der Waals surface area contributed by atoms with Crippen molar-refractivity contribution >= 4 is 35.6 Å². The number of benzene rings is 1. The molecule has 2 atom stereocenters. The molecule has 2 aromatic rings. The Labute approximate surface area is 157 Å². The predicted molar refractivity (Wildman–Crippen MR) is 112 cm³/mol. The number of hydrogen-bond donors (Lipinski definition) is 1. The van der Waals surface area contributed by atoms with E-state index in [2.05, 4.69) is 69.3 Å². The zero-order valence-corrected chi connectivity index (χ0v) is 18.3. The van der Waals surface area contributed by atoms with E-state index < -0.39 is 8.32 Å². The molecule has 1 aliphatic rings. The fraction of sp³-hybridized carbons (Fsp3) is 0.650. The van der Waals surface area contributed by atoms with Gasteiger partial charge in [-0.05, 0) is 56.1 Å². The van der Waals surface area contributed by atoms with E-state index >= 15 is 0 Å². The van der Waals surface area contributed by atoms with Crippen LogP contribution in [0.4, 0.5) is 5.69 Å². The quantitative estimate of drug-likeness (QED) is 0.631. The summed E-state index contributed by atoms with van der Waals surface area (Å²) in [6, 6.07) is 6.96. The summed E-state index contributed by atoms with van der Waals surface area (Å²) in [7, 11) is -1.74. The number of rotatable bonds is 4.